The van der Waals surface area contributed by atoms with Gasteiger partial charge in [-0.3, -0.25) is 15.4 Å². The molecule has 6 nitrogen and oxygen atoms in total. The van der Waals surface area contributed by atoms with E-state index in [9.17, 15) is 14.9 Å². The molecule has 17 heavy (non-hydrogen) atoms. The largest absolute Gasteiger partial charge is 0.443 e. The van der Waals surface area contributed by atoms with Crippen LogP contribution < -0.4 is 5.32 Å². The quantitative estimate of drug-likeness (QED) is 0.599. The molecule has 0 spiro atoms. The molecule has 0 unspecified atom stereocenters. The number of cyclic esters (lactones) is 1. The van der Waals surface area contributed by atoms with E-state index in [2.05, 4.69) is 5.32 Å². The predicted octanol–water partition coefficient (Wildman–Crippen LogP) is 2.48. The fraction of sp³-hybridized carbons (Fsp3) is 0.364. The van der Waals surface area contributed by atoms with Crippen LogP contribution >= 0.6 is 0 Å². The van der Waals surface area contributed by atoms with Crippen molar-refractivity contribution >= 4 is 17.5 Å². The lowest BCUT2D eigenvalue weighted by Crippen LogP contribution is -2.29. The van der Waals surface area contributed by atoms with Crippen molar-refractivity contribution in [1.29, 1.82) is 0 Å². The second-order valence-corrected chi connectivity index (χ2v) is 4.55. The Hall–Kier alpha value is -2.11. The third-order valence-electron chi connectivity index (χ3n) is 2.52. The van der Waals surface area contributed by atoms with Crippen molar-refractivity contribution in [2.24, 2.45) is 0 Å². The molecule has 0 aliphatic carbocycles. The van der Waals surface area contributed by atoms with Crippen LogP contribution in [0.25, 0.3) is 0 Å². The number of carbonyl (C=O) groups excluding carboxylic acids is 1. The van der Waals surface area contributed by atoms with E-state index in [4.69, 9.17) is 4.74 Å². The number of benzene rings is 1. The van der Waals surface area contributed by atoms with Gasteiger partial charge in [0.15, 0.2) is 0 Å². The molecule has 0 saturated heterocycles. The second kappa shape index (κ2) is 3.73. The number of ether oxygens (including phenoxy) is 1. The summed E-state index contributed by atoms with van der Waals surface area (Å²) in [7, 11) is 0. The van der Waals surface area contributed by atoms with E-state index in [1.807, 2.05) is 0 Å². The SMILES string of the molecule is CC1(C)Cc2cc([N+](=O)[O-])ccc2NC(=O)O1. The van der Waals surface area contributed by atoms with Crippen LogP contribution in [0.2, 0.25) is 0 Å². The standard InChI is InChI=1S/C11H12N2O4/c1-11(2)6-7-5-8(13(15)16)3-4-9(7)12-10(14)17-11/h3-5H,6H2,1-2H3,(H,12,14). The Morgan fingerprint density at radius 3 is 2.82 bits per heavy atom. The summed E-state index contributed by atoms with van der Waals surface area (Å²) in [4.78, 5) is 21.6. The van der Waals surface area contributed by atoms with Crippen molar-refractivity contribution in [2.75, 3.05) is 5.32 Å². The maximum atomic E-state index is 11.4. The fourth-order valence-electron chi connectivity index (χ4n) is 1.84. The lowest BCUT2D eigenvalue weighted by Gasteiger charge is -2.21. The Balaban J connectivity index is 2.47. The number of nitrogens with zero attached hydrogens (tertiary/aromatic N) is 1. The number of nitro groups is 1. The summed E-state index contributed by atoms with van der Waals surface area (Å²) in [5, 5.41) is 13.2. The number of fused-ring (bicyclic) bond motifs is 1. The predicted molar refractivity (Wildman–Crippen MR) is 61.0 cm³/mol. The van der Waals surface area contributed by atoms with Crippen LogP contribution in [0.3, 0.4) is 0 Å². The Kier molecular flexibility index (Phi) is 2.49. The van der Waals surface area contributed by atoms with E-state index in [-0.39, 0.29) is 5.69 Å². The minimum Gasteiger partial charge on any atom is -0.443 e. The lowest BCUT2D eigenvalue weighted by molar-refractivity contribution is -0.384. The summed E-state index contributed by atoms with van der Waals surface area (Å²) < 4.78 is 5.16. The molecule has 0 aromatic heterocycles. The highest BCUT2D eigenvalue weighted by molar-refractivity contribution is 5.87. The van der Waals surface area contributed by atoms with E-state index in [1.165, 1.54) is 18.2 Å². The molecule has 1 aromatic carbocycles. The summed E-state index contributed by atoms with van der Waals surface area (Å²) in [6, 6.07) is 4.35. The van der Waals surface area contributed by atoms with Gasteiger partial charge in [-0.25, -0.2) is 4.79 Å². The zero-order valence-corrected chi connectivity index (χ0v) is 9.52. The smallest absolute Gasteiger partial charge is 0.412 e. The number of nitrogens with one attached hydrogen (secondary N) is 1. The molecule has 1 aliphatic heterocycles. The third-order valence-corrected chi connectivity index (χ3v) is 2.52. The van der Waals surface area contributed by atoms with E-state index < -0.39 is 16.6 Å². The van der Waals surface area contributed by atoms with Gasteiger partial charge in [0.2, 0.25) is 0 Å². The number of nitro benzene ring substituents is 1. The average Bonchev–Trinajstić information content (AvgIpc) is 2.29. The molecule has 0 saturated carbocycles. The summed E-state index contributed by atoms with van der Waals surface area (Å²) in [5.74, 6) is 0. The summed E-state index contributed by atoms with van der Waals surface area (Å²) in [6.07, 6.45) is -0.106. The highest BCUT2D eigenvalue weighted by Crippen LogP contribution is 2.30. The number of hydrogen-bond donors (Lipinski definition) is 1. The van der Waals surface area contributed by atoms with Gasteiger partial charge >= 0.3 is 6.09 Å². The van der Waals surface area contributed by atoms with Crippen LogP contribution in [0.5, 0.6) is 0 Å². The monoisotopic (exact) mass is 236 g/mol. The van der Waals surface area contributed by atoms with Gasteiger partial charge in [0, 0.05) is 24.2 Å². The Morgan fingerprint density at radius 1 is 1.47 bits per heavy atom. The minimum absolute atomic E-state index is 0.00991. The molecule has 0 radical (unpaired) electrons. The molecule has 1 aliphatic rings. The minimum atomic E-state index is -0.676. The second-order valence-electron chi connectivity index (χ2n) is 4.55. The third kappa shape index (κ3) is 2.35. The molecule has 1 amide bonds. The first-order valence-corrected chi connectivity index (χ1v) is 5.15. The van der Waals surface area contributed by atoms with Crippen molar-refractivity contribution in [1.82, 2.24) is 0 Å². The molecule has 2 rings (SSSR count). The molecule has 1 heterocycles. The van der Waals surface area contributed by atoms with E-state index in [1.54, 1.807) is 13.8 Å². The molecular formula is C11H12N2O4. The van der Waals surface area contributed by atoms with Crippen LogP contribution in [0.4, 0.5) is 16.2 Å². The van der Waals surface area contributed by atoms with E-state index >= 15 is 0 Å². The van der Waals surface area contributed by atoms with Gasteiger partial charge < -0.3 is 4.74 Å². The van der Waals surface area contributed by atoms with Crippen molar-refractivity contribution in [3.8, 4) is 0 Å². The summed E-state index contributed by atoms with van der Waals surface area (Å²) in [6.45, 7) is 3.53. The number of amides is 1. The normalized spacial score (nSPS) is 17.4. The van der Waals surface area contributed by atoms with Crippen LogP contribution in [-0.2, 0) is 11.2 Å². The summed E-state index contributed by atoms with van der Waals surface area (Å²) >= 11 is 0. The first-order valence-electron chi connectivity index (χ1n) is 5.15. The van der Waals surface area contributed by atoms with Crippen LogP contribution in [0, 0.1) is 10.1 Å². The number of hydrogen-bond acceptors (Lipinski definition) is 4. The van der Waals surface area contributed by atoms with Gasteiger partial charge in [0.25, 0.3) is 5.69 Å². The summed E-state index contributed by atoms with van der Waals surface area (Å²) in [5.41, 5.74) is 0.599. The van der Waals surface area contributed by atoms with Crippen molar-refractivity contribution in [3.05, 3.63) is 33.9 Å². The average molecular weight is 236 g/mol. The number of carbonyl (C=O) groups is 1. The van der Waals surface area contributed by atoms with Gasteiger partial charge in [-0.15, -0.1) is 0 Å². The molecule has 0 fully saturated rings. The highest BCUT2D eigenvalue weighted by atomic mass is 16.6. The van der Waals surface area contributed by atoms with Gasteiger partial charge in [-0.05, 0) is 25.5 Å². The molecule has 90 valence electrons. The first kappa shape index (κ1) is 11.4. The van der Waals surface area contributed by atoms with Crippen molar-refractivity contribution in [2.45, 2.75) is 25.9 Å². The number of non-ortho nitro benzene ring substituents is 1. The van der Waals surface area contributed by atoms with Gasteiger partial charge in [-0.2, -0.15) is 0 Å². The Morgan fingerprint density at radius 2 is 2.18 bits per heavy atom. The van der Waals surface area contributed by atoms with Crippen LogP contribution in [0.15, 0.2) is 18.2 Å². The highest BCUT2D eigenvalue weighted by Gasteiger charge is 2.29. The van der Waals surface area contributed by atoms with E-state index in [0.717, 1.165) is 0 Å². The maximum absolute atomic E-state index is 11.4. The van der Waals surface area contributed by atoms with Crippen molar-refractivity contribution in [3.63, 3.8) is 0 Å². The van der Waals surface area contributed by atoms with Gasteiger partial charge in [-0.1, -0.05) is 0 Å². The van der Waals surface area contributed by atoms with Gasteiger partial charge in [0.05, 0.1) is 4.92 Å². The first-order chi connectivity index (χ1) is 7.87. The molecule has 0 atom stereocenters. The van der Waals surface area contributed by atoms with E-state index in [0.29, 0.717) is 17.7 Å². The molecule has 1 N–H and O–H groups in total. The topological polar surface area (TPSA) is 81.5 Å². The number of rotatable bonds is 1. The molecule has 1 aromatic rings. The number of anilines is 1. The van der Waals surface area contributed by atoms with Crippen LogP contribution in [0.1, 0.15) is 19.4 Å². The fourth-order valence-corrected chi connectivity index (χ4v) is 1.84. The zero-order valence-electron chi connectivity index (χ0n) is 9.52. The maximum Gasteiger partial charge on any atom is 0.412 e. The lowest BCUT2D eigenvalue weighted by atomic mass is 9.97. The van der Waals surface area contributed by atoms with Crippen molar-refractivity contribution < 1.29 is 14.5 Å². The Bertz CT molecular complexity index is 496. The zero-order chi connectivity index (χ0) is 12.6. The molecule has 6 heteroatoms. The van der Waals surface area contributed by atoms with Crippen LogP contribution in [-0.4, -0.2) is 16.6 Å². The van der Waals surface area contributed by atoms with Gasteiger partial charge in [0.1, 0.15) is 5.60 Å². The Labute approximate surface area is 97.7 Å². The molecule has 0 bridgehead atoms. The molecular weight excluding hydrogens is 224 g/mol.